The van der Waals surface area contributed by atoms with Crippen molar-refractivity contribution in [1.82, 2.24) is 14.8 Å². The maximum absolute atomic E-state index is 11.0. The van der Waals surface area contributed by atoms with E-state index in [1.807, 2.05) is 0 Å². The van der Waals surface area contributed by atoms with Crippen LogP contribution in [-0.4, -0.2) is 33.0 Å². The molecule has 0 fully saturated rings. The molecule has 0 unspecified atom stereocenters. The van der Waals surface area contributed by atoms with E-state index in [1.165, 1.54) is 11.8 Å². The third-order valence-electron chi connectivity index (χ3n) is 2.24. The van der Waals surface area contributed by atoms with Gasteiger partial charge in [-0.05, 0) is 6.07 Å². The van der Waals surface area contributed by atoms with Crippen molar-refractivity contribution >= 4 is 5.97 Å². The molecule has 2 aromatic rings. The SMILES string of the molecule is COc1cccc(-c2cn(C)nc2C(=O)O)n1. The molecule has 88 valence electrons. The first-order valence-electron chi connectivity index (χ1n) is 4.90. The van der Waals surface area contributed by atoms with Gasteiger partial charge in [0.15, 0.2) is 5.69 Å². The molecule has 2 heterocycles. The summed E-state index contributed by atoms with van der Waals surface area (Å²) in [6.07, 6.45) is 1.62. The molecule has 0 saturated heterocycles. The maximum Gasteiger partial charge on any atom is 0.357 e. The number of methoxy groups -OCH3 is 1. The first kappa shape index (κ1) is 11.1. The van der Waals surface area contributed by atoms with Gasteiger partial charge in [-0.1, -0.05) is 6.07 Å². The Kier molecular flexibility index (Phi) is 2.78. The number of nitrogens with zero attached hydrogens (tertiary/aromatic N) is 3. The molecule has 0 bridgehead atoms. The molecule has 0 aliphatic heterocycles. The van der Waals surface area contributed by atoms with Crippen molar-refractivity contribution in [2.45, 2.75) is 0 Å². The Hall–Kier alpha value is -2.37. The van der Waals surface area contributed by atoms with Gasteiger partial charge in [-0.15, -0.1) is 0 Å². The second-order valence-corrected chi connectivity index (χ2v) is 3.44. The molecule has 0 spiro atoms. The summed E-state index contributed by atoms with van der Waals surface area (Å²) >= 11 is 0. The van der Waals surface area contributed by atoms with Gasteiger partial charge in [0.05, 0.1) is 18.4 Å². The molecule has 0 atom stereocenters. The number of carbonyl (C=O) groups is 1. The van der Waals surface area contributed by atoms with Crippen molar-refractivity contribution in [2.75, 3.05) is 7.11 Å². The summed E-state index contributed by atoms with van der Waals surface area (Å²) in [6.45, 7) is 0. The van der Waals surface area contributed by atoms with E-state index in [0.29, 0.717) is 17.1 Å². The topological polar surface area (TPSA) is 77.2 Å². The fourth-order valence-electron chi connectivity index (χ4n) is 1.51. The van der Waals surface area contributed by atoms with E-state index < -0.39 is 5.97 Å². The van der Waals surface area contributed by atoms with Gasteiger partial charge in [-0.3, -0.25) is 4.68 Å². The largest absolute Gasteiger partial charge is 0.481 e. The highest BCUT2D eigenvalue weighted by atomic mass is 16.5. The molecular weight excluding hydrogens is 222 g/mol. The summed E-state index contributed by atoms with van der Waals surface area (Å²) < 4.78 is 6.44. The fourth-order valence-corrected chi connectivity index (χ4v) is 1.51. The van der Waals surface area contributed by atoms with Gasteiger partial charge in [0.25, 0.3) is 0 Å². The minimum atomic E-state index is -1.08. The van der Waals surface area contributed by atoms with Crippen molar-refractivity contribution < 1.29 is 14.6 Å². The van der Waals surface area contributed by atoms with E-state index in [2.05, 4.69) is 10.1 Å². The second-order valence-electron chi connectivity index (χ2n) is 3.44. The van der Waals surface area contributed by atoms with Crippen LogP contribution < -0.4 is 4.74 Å². The second kappa shape index (κ2) is 4.25. The summed E-state index contributed by atoms with van der Waals surface area (Å²) in [7, 11) is 3.17. The molecule has 1 N–H and O–H groups in total. The van der Waals surface area contributed by atoms with Crippen LogP contribution in [-0.2, 0) is 7.05 Å². The van der Waals surface area contributed by atoms with E-state index >= 15 is 0 Å². The summed E-state index contributed by atoms with van der Waals surface area (Å²) in [6, 6.07) is 5.16. The van der Waals surface area contributed by atoms with Crippen LogP contribution >= 0.6 is 0 Å². The van der Waals surface area contributed by atoms with Gasteiger partial charge in [0.1, 0.15) is 0 Å². The predicted octanol–water partition coefficient (Wildman–Crippen LogP) is 1.19. The smallest absolute Gasteiger partial charge is 0.357 e. The zero-order chi connectivity index (χ0) is 12.4. The number of hydrogen-bond donors (Lipinski definition) is 1. The Balaban J connectivity index is 2.55. The lowest BCUT2D eigenvalue weighted by Crippen LogP contribution is -2.01. The Bertz CT molecular complexity index is 563. The molecule has 6 nitrogen and oxygen atoms in total. The predicted molar refractivity (Wildman–Crippen MR) is 60.0 cm³/mol. The average Bonchev–Trinajstić information content (AvgIpc) is 2.72. The highest BCUT2D eigenvalue weighted by Gasteiger charge is 2.17. The van der Waals surface area contributed by atoms with Gasteiger partial charge in [-0.25, -0.2) is 9.78 Å². The molecule has 0 aromatic carbocycles. The summed E-state index contributed by atoms with van der Waals surface area (Å²) in [5.41, 5.74) is 0.974. The first-order valence-corrected chi connectivity index (χ1v) is 4.90. The van der Waals surface area contributed by atoms with Crippen molar-refractivity contribution in [1.29, 1.82) is 0 Å². The van der Waals surface area contributed by atoms with Gasteiger partial charge in [0, 0.05) is 19.3 Å². The molecule has 6 heteroatoms. The van der Waals surface area contributed by atoms with Gasteiger partial charge in [0.2, 0.25) is 5.88 Å². The summed E-state index contributed by atoms with van der Waals surface area (Å²) in [4.78, 5) is 15.2. The van der Waals surface area contributed by atoms with Gasteiger partial charge in [-0.2, -0.15) is 5.10 Å². The third-order valence-corrected chi connectivity index (χ3v) is 2.24. The third kappa shape index (κ3) is 2.10. The van der Waals surface area contributed by atoms with Crippen LogP contribution in [0.4, 0.5) is 0 Å². The first-order chi connectivity index (χ1) is 8.11. The number of pyridine rings is 1. The van der Waals surface area contributed by atoms with Crippen LogP contribution in [0.2, 0.25) is 0 Å². The Morgan fingerprint density at radius 3 is 2.88 bits per heavy atom. The zero-order valence-corrected chi connectivity index (χ0v) is 9.41. The van der Waals surface area contributed by atoms with Crippen molar-refractivity contribution in [3.8, 4) is 17.1 Å². The zero-order valence-electron chi connectivity index (χ0n) is 9.41. The van der Waals surface area contributed by atoms with E-state index in [9.17, 15) is 4.79 Å². The number of ether oxygens (including phenoxy) is 1. The molecule has 2 aromatic heterocycles. The van der Waals surface area contributed by atoms with Crippen LogP contribution in [0.3, 0.4) is 0 Å². The average molecular weight is 233 g/mol. The monoisotopic (exact) mass is 233 g/mol. The molecule has 0 radical (unpaired) electrons. The number of carboxylic acids is 1. The molecule has 17 heavy (non-hydrogen) atoms. The number of aromatic carboxylic acids is 1. The molecule has 0 aliphatic rings. The van der Waals surface area contributed by atoms with Crippen LogP contribution in [0.5, 0.6) is 5.88 Å². The lowest BCUT2D eigenvalue weighted by molar-refractivity contribution is 0.0690. The van der Waals surface area contributed by atoms with Crippen LogP contribution in [0, 0.1) is 0 Å². The normalized spacial score (nSPS) is 10.2. The maximum atomic E-state index is 11.0. The minimum absolute atomic E-state index is 0.0201. The number of aryl methyl sites for hydroxylation is 1. The number of aromatic nitrogens is 3. The lowest BCUT2D eigenvalue weighted by atomic mass is 10.1. The van der Waals surface area contributed by atoms with Crippen molar-refractivity contribution in [3.63, 3.8) is 0 Å². The molecule has 0 aliphatic carbocycles. The van der Waals surface area contributed by atoms with Crippen molar-refractivity contribution in [3.05, 3.63) is 30.1 Å². The molecular formula is C11H11N3O3. The van der Waals surface area contributed by atoms with Gasteiger partial charge < -0.3 is 9.84 Å². The highest BCUT2D eigenvalue weighted by molar-refractivity contribution is 5.93. The lowest BCUT2D eigenvalue weighted by Gasteiger charge is -2.01. The standard InChI is InChI=1S/C11H11N3O3/c1-14-6-7(10(13-14)11(15)16)8-4-3-5-9(12-8)17-2/h3-6H,1-2H3,(H,15,16). The van der Waals surface area contributed by atoms with E-state index in [0.717, 1.165) is 0 Å². The highest BCUT2D eigenvalue weighted by Crippen LogP contribution is 2.22. The number of hydrogen-bond acceptors (Lipinski definition) is 4. The van der Waals surface area contributed by atoms with Crippen molar-refractivity contribution in [2.24, 2.45) is 7.05 Å². The number of rotatable bonds is 3. The molecule has 0 saturated carbocycles. The van der Waals surface area contributed by atoms with E-state index in [-0.39, 0.29) is 5.69 Å². The summed E-state index contributed by atoms with van der Waals surface area (Å²) in [5, 5.41) is 12.9. The summed E-state index contributed by atoms with van der Waals surface area (Å²) in [5.74, 6) is -0.645. The van der Waals surface area contributed by atoms with Crippen LogP contribution in [0.1, 0.15) is 10.5 Å². The van der Waals surface area contributed by atoms with E-state index in [4.69, 9.17) is 9.84 Å². The molecule has 0 amide bonds. The Labute approximate surface area is 97.5 Å². The van der Waals surface area contributed by atoms with E-state index in [1.54, 1.807) is 31.4 Å². The van der Waals surface area contributed by atoms with Crippen LogP contribution in [0.25, 0.3) is 11.3 Å². The minimum Gasteiger partial charge on any atom is -0.481 e. The Morgan fingerprint density at radius 2 is 2.24 bits per heavy atom. The molecule has 2 rings (SSSR count). The van der Waals surface area contributed by atoms with Gasteiger partial charge >= 0.3 is 5.97 Å². The van der Waals surface area contributed by atoms with Crippen LogP contribution in [0.15, 0.2) is 24.4 Å². The quantitative estimate of drug-likeness (QED) is 0.861. The Morgan fingerprint density at radius 1 is 1.47 bits per heavy atom. The fraction of sp³-hybridized carbons (Fsp3) is 0.182. The number of carboxylic acid groups (broad SMARTS) is 1.